The highest BCUT2D eigenvalue weighted by Crippen LogP contribution is 2.20. The van der Waals surface area contributed by atoms with Crippen LogP contribution in [0.25, 0.3) is 0 Å². The molecule has 268 valence electrons. The maximum atomic E-state index is 13.7. The summed E-state index contributed by atoms with van der Waals surface area (Å²) in [5.74, 6) is -2.36. The van der Waals surface area contributed by atoms with Crippen molar-refractivity contribution in [1.29, 1.82) is 0 Å². The normalized spacial score (nSPS) is 19.5. The van der Waals surface area contributed by atoms with Crippen molar-refractivity contribution in [3.8, 4) is 5.75 Å². The zero-order valence-electron chi connectivity index (χ0n) is 29.7. The minimum atomic E-state index is -1.27. The van der Waals surface area contributed by atoms with Crippen LogP contribution in [0.1, 0.15) is 59.6 Å². The Morgan fingerprint density at radius 3 is 2.34 bits per heavy atom. The number of fused-ring (bicyclic) bond motifs is 1. The standard InChI is InChI=1S/C37H49N7O6/c1-23(2)18-31-37(49)43(6)21-34(46)39-28(19-27-12-8-7-9-13-27)22-50-32-15-11-10-14-29(32)35(47)41-30(20-33(45)40-31)36(48)38-16-17-44-26(5)24(3)25(4)42-44/h7-15,23,28,30-31H,16-22H2,1-6H3,(H,38,48)(H,39,46)(H,40,45)(H,41,47)/t28-,30+,31-/m1/s1. The molecule has 0 bridgehead atoms. The van der Waals surface area contributed by atoms with Gasteiger partial charge in [0.1, 0.15) is 24.4 Å². The number of rotatable bonds is 8. The van der Waals surface area contributed by atoms with E-state index in [4.69, 9.17) is 4.74 Å². The van der Waals surface area contributed by atoms with E-state index in [0.717, 1.165) is 22.5 Å². The number of aromatic nitrogens is 2. The third kappa shape index (κ3) is 10.4. The summed E-state index contributed by atoms with van der Waals surface area (Å²) in [5, 5.41) is 15.8. The number of carbonyl (C=O) groups excluding carboxylic acids is 5. The number of ether oxygens (including phenoxy) is 1. The molecule has 13 heteroatoms. The predicted molar refractivity (Wildman–Crippen MR) is 188 cm³/mol. The van der Waals surface area contributed by atoms with Gasteiger partial charge in [0.2, 0.25) is 23.6 Å². The fourth-order valence-electron chi connectivity index (χ4n) is 5.84. The number of hydrogen-bond acceptors (Lipinski definition) is 7. The molecule has 1 aromatic heterocycles. The van der Waals surface area contributed by atoms with E-state index >= 15 is 0 Å². The van der Waals surface area contributed by atoms with E-state index < -0.39 is 54.1 Å². The van der Waals surface area contributed by atoms with Crippen molar-refractivity contribution >= 4 is 29.5 Å². The monoisotopic (exact) mass is 687 g/mol. The Hall–Kier alpha value is -5.20. The Labute approximate surface area is 293 Å². The second-order valence-corrected chi connectivity index (χ2v) is 13.2. The first-order valence-corrected chi connectivity index (χ1v) is 17.0. The Balaban J connectivity index is 1.62. The van der Waals surface area contributed by atoms with E-state index in [9.17, 15) is 24.0 Å². The molecule has 0 aliphatic carbocycles. The van der Waals surface area contributed by atoms with E-state index in [1.807, 2.05) is 65.0 Å². The molecule has 2 aromatic carbocycles. The van der Waals surface area contributed by atoms with Crippen LogP contribution in [-0.2, 0) is 32.1 Å². The maximum absolute atomic E-state index is 13.7. The SMILES string of the molecule is Cc1nn(CCNC(=O)[C@@H]2CC(=O)N[C@H](CC(C)C)C(=O)N(C)CC(=O)N[C@H](Cc3ccccc3)COc3ccccc3C(=O)N2)c(C)c1C. The Morgan fingerprint density at radius 2 is 1.66 bits per heavy atom. The van der Waals surface area contributed by atoms with Crippen molar-refractivity contribution in [3.05, 3.63) is 82.7 Å². The van der Waals surface area contributed by atoms with E-state index in [-0.39, 0.29) is 36.9 Å². The molecule has 2 heterocycles. The molecular weight excluding hydrogens is 638 g/mol. The van der Waals surface area contributed by atoms with Crippen LogP contribution in [0.2, 0.25) is 0 Å². The number of para-hydroxylation sites is 1. The molecule has 3 aromatic rings. The quantitative estimate of drug-likeness (QED) is 0.282. The Morgan fingerprint density at radius 1 is 0.960 bits per heavy atom. The molecule has 0 saturated carbocycles. The lowest BCUT2D eigenvalue weighted by atomic mass is 10.0. The van der Waals surface area contributed by atoms with Crippen LogP contribution in [0.3, 0.4) is 0 Å². The third-order valence-electron chi connectivity index (χ3n) is 8.74. The molecule has 1 aliphatic heterocycles. The summed E-state index contributed by atoms with van der Waals surface area (Å²) >= 11 is 0. The number of nitrogens with one attached hydrogen (secondary N) is 4. The van der Waals surface area contributed by atoms with Gasteiger partial charge in [0, 0.05) is 19.3 Å². The zero-order chi connectivity index (χ0) is 36.4. The van der Waals surface area contributed by atoms with Crippen LogP contribution in [0.5, 0.6) is 5.75 Å². The molecule has 0 radical (unpaired) electrons. The van der Waals surface area contributed by atoms with Gasteiger partial charge >= 0.3 is 0 Å². The summed E-state index contributed by atoms with van der Waals surface area (Å²) in [5.41, 5.74) is 4.07. The van der Waals surface area contributed by atoms with Gasteiger partial charge in [0.15, 0.2) is 0 Å². The highest BCUT2D eigenvalue weighted by molar-refractivity contribution is 6.01. The summed E-state index contributed by atoms with van der Waals surface area (Å²) < 4.78 is 7.93. The second kappa shape index (κ2) is 17.5. The van der Waals surface area contributed by atoms with Crippen LogP contribution in [-0.4, -0.2) is 89.1 Å². The van der Waals surface area contributed by atoms with Gasteiger partial charge in [-0.05, 0) is 62.8 Å². The van der Waals surface area contributed by atoms with Crippen molar-refractivity contribution in [1.82, 2.24) is 35.9 Å². The second-order valence-electron chi connectivity index (χ2n) is 13.2. The van der Waals surface area contributed by atoms with Crippen LogP contribution in [0.15, 0.2) is 54.6 Å². The van der Waals surface area contributed by atoms with Gasteiger partial charge < -0.3 is 30.9 Å². The number of aryl methyl sites for hydroxylation is 1. The van der Waals surface area contributed by atoms with Crippen LogP contribution in [0, 0.1) is 26.7 Å². The average molecular weight is 688 g/mol. The lowest BCUT2D eigenvalue weighted by molar-refractivity contribution is -0.139. The lowest BCUT2D eigenvalue weighted by Gasteiger charge is -2.27. The molecule has 0 fully saturated rings. The van der Waals surface area contributed by atoms with Crippen molar-refractivity contribution in [2.24, 2.45) is 5.92 Å². The van der Waals surface area contributed by atoms with Crippen molar-refractivity contribution in [3.63, 3.8) is 0 Å². The molecule has 0 saturated heterocycles. The van der Waals surface area contributed by atoms with E-state index in [1.165, 1.54) is 11.9 Å². The summed E-state index contributed by atoms with van der Waals surface area (Å²) in [7, 11) is 1.51. The molecule has 4 rings (SSSR count). The van der Waals surface area contributed by atoms with Crippen molar-refractivity contribution in [2.45, 2.75) is 78.6 Å². The maximum Gasteiger partial charge on any atom is 0.255 e. The van der Waals surface area contributed by atoms with E-state index in [0.29, 0.717) is 19.4 Å². The van der Waals surface area contributed by atoms with Gasteiger partial charge in [0.05, 0.1) is 36.8 Å². The molecule has 3 atom stereocenters. The molecule has 50 heavy (non-hydrogen) atoms. The number of nitrogens with zero attached hydrogens (tertiary/aromatic N) is 3. The number of likely N-dealkylation sites (N-methyl/N-ethyl adjacent to an activating group) is 1. The van der Waals surface area contributed by atoms with E-state index in [1.54, 1.807) is 28.9 Å². The molecule has 1 aliphatic rings. The Kier molecular flexibility index (Phi) is 13.1. The van der Waals surface area contributed by atoms with E-state index in [2.05, 4.69) is 26.4 Å². The number of amides is 5. The highest BCUT2D eigenvalue weighted by atomic mass is 16.5. The average Bonchev–Trinajstić information content (AvgIpc) is 3.32. The predicted octanol–water partition coefficient (Wildman–Crippen LogP) is 2.22. The first-order valence-electron chi connectivity index (χ1n) is 17.0. The number of hydrogen-bond donors (Lipinski definition) is 4. The zero-order valence-corrected chi connectivity index (χ0v) is 29.7. The van der Waals surface area contributed by atoms with Crippen LogP contribution >= 0.6 is 0 Å². The largest absolute Gasteiger partial charge is 0.491 e. The summed E-state index contributed by atoms with van der Waals surface area (Å²) in [6.45, 7) is 10.1. The first kappa shape index (κ1) is 37.6. The summed E-state index contributed by atoms with van der Waals surface area (Å²) in [4.78, 5) is 68.9. The highest BCUT2D eigenvalue weighted by Gasteiger charge is 2.31. The fourth-order valence-corrected chi connectivity index (χ4v) is 5.84. The van der Waals surface area contributed by atoms with Crippen LogP contribution < -0.4 is 26.0 Å². The van der Waals surface area contributed by atoms with Gasteiger partial charge in [-0.1, -0.05) is 56.3 Å². The Bertz CT molecular complexity index is 1670. The molecule has 5 amide bonds. The topological polar surface area (TPSA) is 164 Å². The van der Waals surface area contributed by atoms with Gasteiger partial charge in [-0.2, -0.15) is 5.10 Å². The summed E-state index contributed by atoms with van der Waals surface area (Å²) in [6, 6.07) is 13.4. The lowest BCUT2D eigenvalue weighted by Crippen LogP contribution is -2.53. The molecule has 0 spiro atoms. The molecule has 4 N–H and O–H groups in total. The smallest absolute Gasteiger partial charge is 0.255 e. The van der Waals surface area contributed by atoms with Crippen molar-refractivity contribution in [2.75, 3.05) is 26.7 Å². The molecular formula is C37H49N7O6. The minimum absolute atomic E-state index is 0.0221. The minimum Gasteiger partial charge on any atom is -0.491 e. The van der Waals surface area contributed by atoms with Gasteiger partial charge in [-0.15, -0.1) is 0 Å². The van der Waals surface area contributed by atoms with Gasteiger partial charge in [-0.3, -0.25) is 28.7 Å². The van der Waals surface area contributed by atoms with Crippen LogP contribution in [0.4, 0.5) is 0 Å². The molecule has 13 nitrogen and oxygen atoms in total. The summed E-state index contributed by atoms with van der Waals surface area (Å²) in [6.07, 6.45) is 0.314. The molecule has 0 unspecified atom stereocenters. The van der Waals surface area contributed by atoms with Gasteiger partial charge in [0.25, 0.3) is 5.91 Å². The van der Waals surface area contributed by atoms with Gasteiger partial charge in [-0.25, -0.2) is 0 Å². The first-order chi connectivity index (χ1) is 23.8. The third-order valence-corrected chi connectivity index (χ3v) is 8.74. The van der Waals surface area contributed by atoms with Crippen molar-refractivity contribution < 1.29 is 28.7 Å². The number of benzene rings is 2. The fraction of sp³-hybridized carbons (Fsp3) is 0.459. The number of carbonyl (C=O) groups is 5.